The fourth-order valence-corrected chi connectivity index (χ4v) is 2.23. The number of imidazole rings is 1. The third-order valence-corrected chi connectivity index (χ3v) is 3.49. The van der Waals surface area contributed by atoms with Crippen molar-refractivity contribution < 1.29 is 4.79 Å². The van der Waals surface area contributed by atoms with E-state index < -0.39 is 6.04 Å². The maximum absolute atomic E-state index is 11.8. The SMILES string of the molecule is CCCCNC(=O)[C@@H](N)Cc1cn(Cc2ccccc2)cn1. The third-order valence-electron chi connectivity index (χ3n) is 3.49. The summed E-state index contributed by atoms with van der Waals surface area (Å²) in [5, 5.41) is 2.85. The van der Waals surface area contributed by atoms with Crippen molar-refractivity contribution in [2.45, 2.75) is 38.8 Å². The van der Waals surface area contributed by atoms with Crippen LogP contribution in [0.5, 0.6) is 0 Å². The van der Waals surface area contributed by atoms with Crippen LogP contribution in [0.3, 0.4) is 0 Å². The van der Waals surface area contributed by atoms with Crippen molar-refractivity contribution >= 4 is 5.91 Å². The van der Waals surface area contributed by atoms with Crippen LogP contribution in [-0.4, -0.2) is 28.0 Å². The van der Waals surface area contributed by atoms with E-state index in [1.165, 1.54) is 5.56 Å². The van der Waals surface area contributed by atoms with Crippen LogP contribution < -0.4 is 11.1 Å². The molecule has 1 amide bonds. The minimum absolute atomic E-state index is 0.106. The summed E-state index contributed by atoms with van der Waals surface area (Å²) < 4.78 is 2.01. The normalized spacial score (nSPS) is 12.1. The Labute approximate surface area is 131 Å². The second-order valence-electron chi connectivity index (χ2n) is 5.48. The quantitative estimate of drug-likeness (QED) is 0.729. The van der Waals surface area contributed by atoms with E-state index >= 15 is 0 Å². The van der Waals surface area contributed by atoms with Gasteiger partial charge >= 0.3 is 0 Å². The number of carbonyl (C=O) groups excluding carboxylic acids is 1. The lowest BCUT2D eigenvalue weighted by molar-refractivity contribution is -0.122. The van der Waals surface area contributed by atoms with Crippen molar-refractivity contribution in [3.05, 3.63) is 54.1 Å². The summed E-state index contributed by atoms with van der Waals surface area (Å²) >= 11 is 0. The van der Waals surface area contributed by atoms with Gasteiger partial charge in [-0.1, -0.05) is 43.7 Å². The minimum atomic E-state index is -0.545. The van der Waals surface area contributed by atoms with Crippen LogP contribution in [-0.2, 0) is 17.8 Å². The number of unbranched alkanes of at least 4 members (excludes halogenated alkanes) is 1. The van der Waals surface area contributed by atoms with E-state index in [4.69, 9.17) is 5.73 Å². The molecule has 0 saturated carbocycles. The molecule has 5 nitrogen and oxygen atoms in total. The predicted octanol–water partition coefficient (Wildman–Crippen LogP) is 1.72. The molecule has 22 heavy (non-hydrogen) atoms. The molecule has 1 aromatic carbocycles. The highest BCUT2D eigenvalue weighted by molar-refractivity contribution is 5.81. The zero-order chi connectivity index (χ0) is 15.8. The number of hydrogen-bond donors (Lipinski definition) is 2. The van der Waals surface area contributed by atoms with Gasteiger partial charge in [0.15, 0.2) is 0 Å². The van der Waals surface area contributed by atoms with Gasteiger partial charge in [0, 0.05) is 25.7 Å². The lowest BCUT2D eigenvalue weighted by Crippen LogP contribution is -2.42. The number of aromatic nitrogens is 2. The molecule has 2 rings (SSSR count). The van der Waals surface area contributed by atoms with Gasteiger partial charge < -0.3 is 15.6 Å². The molecule has 0 saturated heterocycles. The maximum atomic E-state index is 11.8. The van der Waals surface area contributed by atoms with Gasteiger partial charge in [-0.05, 0) is 12.0 Å². The molecule has 1 aromatic heterocycles. The summed E-state index contributed by atoms with van der Waals surface area (Å²) in [6.45, 7) is 3.54. The Bertz CT molecular complexity index is 579. The van der Waals surface area contributed by atoms with Gasteiger partial charge in [0.1, 0.15) is 0 Å². The van der Waals surface area contributed by atoms with E-state index in [0.29, 0.717) is 13.0 Å². The second kappa shape index (κ2) is 8.34. The molecule has 5 heteroatoms. The molecule has 0 aliphatic rings. The van der Waals surface area contributed by atoms with Gasteiger partial charge in [0.05, 0.1) is 18.1 Å². The van der Waals surface area contributed by atoms with E-state index in [2.05, 4.69) is 29.4 Å². The molecule has 2 aromatic rings. The lowest BCUT2D eigenvalue weighted by atomic mass is 10.1. The Morgan fingerprint density at radius 3 is 2.86 bits per heavy atom. The van der Waals surface area contributed by atoms with Crippen molar-refractivity contribution in [2.24, 2.45) is 5.73 Å². The largest absolute Gasteiger partial charge is 0.355 e. The van der Waals surface area contributed by atoms with E-state index in [1.54, 1.807) is 6.33 Å². The molecular formula is C17H24N4O. The fourth-order valence-electron chi connectivity index (χ4n) is 2.23. The van der Waals surface area contributed by atoms with Crippen LogP contribution in [0.25, 0.3) is 0 Å². The summed E-state index contributed by atoms with van der Waals surface area (Å²) in [6.07, 6.45) is 6.22. The number of carbonyl (C=O) groups is 1. The van der Waals surface area contributed by atoms with Crippen molar-refractivity contribution in [2.75, 3.05) is 6.54 Å². The highest BCUT2D eigenvalue weighted by Gasteiger charge is 2.14. The number of rotatable bonds is 8. The first-order valence-corrected chi connectivity index (χ1v) is 7.77. The molecule has 1 heterocycles. The van der Waals surface area contributed by atoms with Crippen LogP contribution in [0, 0.1) is 0 Å². The molecule has 0 aliphatic heterocycles. The van der Waals surface area contributed by atoms with Gasteiger partial charge in [-0.2, -0.15) is 0 Å². The first kappa shape index (κ1) is 16.2. The van der Waals surface area contributed by atoms with Gasteiger partial charge in [-0.3, -0.25) is 4.79 Å². The van der Waals surface area contributed by atoms with Gasteiger partial charge in [-0.25, -0.2) is 4.98 Å². The van der Waals surface area contributed by atoms with E-state index in [9.17, 15) is 4.79 Å². The summed E-state index contributed by atoms with van der Waals surface area (Å²) in [7, 11) is 0. The van der Waals surface area contributed by atoms with Gasteiger partial charge in [0.25, 0.3) is 0 Å². The van der Waals surface area contributed by atoms with Crippen molar-refractivity contribution in [1.82, 2.24) is 14.9 Å². The molecular weight excluding hydrogens is 276 g/mol. The highest BCUT2D eigenvalue weighted by atomic mass is 16.2. The monoisotopic (exact) mass is 300 g/mol. The summed E-state index contributed by atoms with van der Waals surface area (Å²) in [5.41, 5.74) is 7.99. The molecule has 0 fully saturated rings. The molecule has 1 atom stereocenters. The molecule has 3 N–H and O–H groups in total. The molecule has 0 spiro atoms. The molecule has 0 unspecified atom stereocenters. The second-order valence-corrected chi connectivity index (χ2v) is 5.48. The Kier molecular flexibility index (Phi) is 6.15. The Morgan fingerprint density at radius 2 is 2.14 bits per heavy atom. The number of benzene rings is 1. The zero-order valence-electron chi connectivity index (χ0n) is 13.0. The van der Waals surface area contributed by atoms with E-state index in [-0.39, 0.29) is 5.91 Å². The van der Waals surface area contributed by atoms with Crippen LogP contribution in [0.2, 0.25) is 0 Å². The van der Waals surface area contributed by atoms with Crippen LogP contribution in [0.4, 0.5) is 0 Å². The Morgan fingerprint density at radius 1 is 1.36 bits per heavy atom. The van der Waals surface area contributed by atoms with Crippen molar-refractivity contribution in [1.29, 1.82) is 0 Å². The summed E-state index contributed by atoms with van der Waals surface area (Å²) in [4.78, 5) is 16.2. The zero-order valence-corrected chi connectivity index (χ0v) is 13.0. The third kappa shape index (κ3) is 5.00. The van der Waals surface area contributed by atoms with Crippen LogP contribution in [0.15, 0.2) is 42.9 Å². The van der Waals surface area contributed by atoms with Crippen molar-refractivity contribution in [3.8, 4) is 0 Å². The smallest absolute Gasteiger partial charge is 0.237 e. The molecule has 0 aliphatic carbocycles. The first-order chi connectivity index (χ1) is 10.7. The van der Waals surface area contributed by atoms with E-state index in [0.717, 1.165) is 25.1 Å². The average molecular weight is 300 g/mol. The minimum Gasteiger partial charge on any atom is -0.355 e. The molecule has 0 bridgehead atoms. The van der Waals surface area contributed by atoms with Crippen LogP contribution in [0.1, 0.15) is 31.0 Å². The van der Waals surface area contributed by atoms with Gasteiger partial charge in [-0.15, -0.1) is 0 Å². The first-order valence-electron chi connectivity index (χ1n) is 7.77. The number of nitrogens with one attached hydrogen (secondary N) is 1. The number of nitrogens with zero attached hydrogens (tertiary/aromatic N) is 2. The predicted molar refractivity (Wildman–Crippen MR) is 87.4 cm³/mol. The Balaban J connectivity index is 1.85. The number of nitrogens with two attached hydrogens (primary N) is 1. The number of amides is 1. The van der Waals surface area contributed by atoms with Crippen LogP contribution >= 0.6 is 0 Å². The van der Waals surface area contributed by atoms with Crippen molar-refractivity contribution in [3.63, 3.8) is 0 Å². The lowest BCUT2D eigenvalue weighted by Gasteiger charge is -2.10. The number of hydrogen-bond acceptors (Lipinski definition) is 3. The molecule has 118 valence electrons. The van der Waals surface area contributed by atoms with E-state index in [1.807, 2.05) is 29.0 Å². The topological polar surface area (TPSA) is 72.9 Å². The maximum Gasteiger partial charge on any atom is 0.237 e. The molecule has 0 radical (unpaired) electrons. The standard InChI is InChI=1S/C17H24N4O/c1-2-3-9-19-17(22)16(18)10-15-12-21(13-20-15)11-14-7-5-4-6-8-14/h4-8,12-13,16H,2-3,9-11,18H2,1H3,(H,19,22)/t16-/m0/s1. The summed E-state index contributed by atoms with van der Waals surface area (Å²) in [5.74, 6) is -0.106. The fraction of sp³-hybridized carbons (Fsp3) is 0.412. The highest BCUT2D eigenvalue weighted by Crippen LogP contribution is 2.05. The summed E-state index contributed by atoms with van der Waals surface area (Å²) in [6, 6.07) is 9.64. The average Bonchev–Trinajstić information content (AvgIpc) is 2.95. The van der Waals surface area contributed by atoms with Gasteiger partial charge in [0.2, 0.25) is 5.91 Å². The Hall–Kier alpha value is -2.14.